The van der Waals surface area contributed by atoms with E-state index in [-0.39, 0.29) is 11.8 Å². The van der Waals surface area contributed by atoms with Crippen LogP contribution in [0, 0.1) is 0 Å². The van der Waals surface area contributed by atoms with Gasteiger partial charge in [0.25, 0.3) is 0 Å². The van der Waals surface area contributed by atoms with Crippen molar-refractivity contribution in [3.8, 4) is 0 Å². The number of amidine groups is 1. The van der Waals surface area contributed by atoms with Gasteiger partial charge < -0.3 is 0 Å². The lowest BCUT2D eigenvalue weighted by atomic mass is 10.7. The second-order valence-electron chi connectivity index (χ2n) is 1.82. The molecule has 0 fully saturated rings. The Bertz CT molecular complexity index is 193. The van der Waals surface area contributed by atoms with Crippen molar-refractivity contribution in [2.24, 2.45) is 4.99 Å². The molecular weight excluding hydrogens is 154 g/mol. The summed E-state index contributed by atoms with van der Waals surface area (Å²) < 4.78 is 0. The van der Waals surface area contributed by atoms with E-state index in [1.54, 1.807) is 0 Å². The van der Waals surface area contributed by atoms with Gasteiger partial charge in [-0.3, -0.25) is 10.1 Å². The van der Waals surface area contributed by atoms with Gasteiger partial charge in [-0.05, 0) is 12.6 Å². The molecule has 5 nitrogen and oxygen atoms in total. The smallest absolute Gasteiger partial charge is 0.283 e. The molecule has 0 bridgehead atoms. The molecule has 0 spiro atoms. The van der Waals surface area contributed by atoms with Gasteiger partial charge >= 0.3 is 6.03 Å². The molecule has 0 aromatic carbocycles. The maximum Gasteiger partial charge on any atom is 0.351 e. The summed E-state index contributed by atoms with van der Waals surface area (Å²) >= 11 is 4.66. The average Bonchev–Trinajstić information content (AvgIpc) is 1.93. The van der Waals surface area contributed by atoms with Crippen LogP contribution in [0.15, 0.2) is 4.99 Å². The zero-order valence-electron chi connectivity index (χ0n) is 5.31. The second kappa shape index (κ2) is 2.39. The van der Waals surface area contributed by atoms with Gasteiger partial charge in [-0.2, -0.15) is 5.06 Å². The minimum atomic E-state index is -0.542. The monoisotopic (exact) mass is 160 g/mol. The summed E-state index contributed by atoms with van der Waals surface area (Å²) in [6.07, 6.45) is 0. The largest absolute Gasteiger partial charge is 0.351 e. The molecule has 0 aromatic heterocycles. The van der Waals surface area contributed by atoms with E-state index in [4.69, 9.17) is 5.21 Å². The predicted molar refractivity (Wildman–Crippen MR) is 36.7 cm³/mol. The van der Waals surface area contributed by atoms with Crippen LogP contribution < -0.4 is 0 Å². The van der Waals surface area contributed by atoms with Gasteiger partial charge in [-0.25, -0.2) is 9.79 Å². The Labute approximate surface area is 63.3 Å². The summed E-state index contributed by atoms with van der Waals surface area (Å²) in [5.74, 6) is 0. The molecule has 0 aliphatic carbocycles. The fourth-order valence-corrected chi connectivity index (χ4v) is 0.685. The molecule has 1 N–H and O–H groups in total. The van der Waals surface area contributed by atoms with Crippen molar-refractivity contribution in [1.82, 2.24) is 9.96 Å². The number of urea groups is 1. The molecule has 0 unspecified atom stereocenters. The van der Waals surface area contributed by atoms with Crippen molar-refractivity contribution in [1.29, 1.82) is 0 Å². The predicted octanol–water partition coefficient (Wildman–Crippen LogP) is 0.254. The lowest BCUT2D eigenvalue weighted by Crippen LogP contribution is -2.45. The van der Waals surface area contributed by atoms with Crippen molar-refractivity contribution in [3.63, 3.8) is 0 Å². The Hall–Kier alpha value is -0.880. The standard InChI is InChI=1S/C4H6N3O2S/c1-6-3(10)5-2-7(9)4(6)8/h9H,2H2,1H3. The number of rotatable bonds is 0. The molecule has 1 radical (unpaired) electrons. The number of aliphatic imine (C=N–C) groups is 1. The topological polar surface area (TPSA) is 56.1 Å². The highest BCUT2D eigenvalue weighted by Gasteiger charge is 2.23. The average molecular weight is 160 g/mol. The van der Waals surface area contributed by atoms with Crippen LogP contribution in [0.5, 0.6) is 0 Å². The van der Waals surface area contributed by atoms with E-state index in [0.29, 0.717) is 5.06 Å². The summed E-state index contributed by atoms with van der Waals surface area (Å²) in [6.45, 7) is -0.0675. The van der Waals surface area contributed by atoms with Crippen LogP contribution in [0.25, 0.3) is 0 Å². The Morgan fingerprint density at radius 1 is 1.80 bits per heavy atom. The zero-order chi connectivity index (χ0) is 7.72. The molecule has 0 saturated heterocycles. The lowest BCUT2D eigenvalue weighted by molar-refractivity contribution is -0.0510. The van der Waals surface area contributed by atoms with Crippen molar-refractivity contribution in [3.05, 3.63) is 0 Å². The maximum atomic E-state index is 10.8. The number of carbonyl (C=O) groups is 1. The van der Waals surface area contributed by atoms with E-state index in [9.17, 15) is 4.79 Å². The zero-order valence-corrected chi connectivity index (χ0v) is 6.13. The summed E-state index contributed by atoms with van der Waals surface area (Å²) in [5, 5.41) is 9.45. The van der Waals surface area contributed by atoms with Crippen LogP contribution >= 0.6 is 12.6 Å². The third-order valence-corrected chi connectivity index (χ3v) is 1.54. The summed E-state index contributed by atoms with van der Waals surface area (Å²) in [4.78, 5) is 15.5. The number of nitrogens with zero attached hydrogens (tertiary/aromatic N) is 3. The summed E-state index contributed by atoms with van der Waals surface area (Å²) in [6, 6.07) is -0.542. The minimum Gasteiger partial charge on any atom is -0.283 e. The SMILES string of the molecule is CN1C(=O)N(O)CN=C1[S]. The lowest BCUT2D eigenvalue weighted by Gasteiger charge is -2.24. The minimum absolute atomic E-state index is 0.0675. The molecule has 1 aliphatic heterocycles. The number of hydrogen-bond acceptors (Lipinski definition) is 3. The Morgan fingerprint density at radius 2 is 2.40 bits per heavy atom. The van der Waals surface area contributed by atoms with Gasteiger partial charge in [0.15, 0.2) is 0 Å². The van der Waals surface area contributed by atoms with Gasteiger partial charge in [0.1, 0.15) is 6.67 Å². The van der Waals surface area contributed by atoms with E-state index < -0.39 is 6.03 Å². The van der Waals surface area contributed by atoms with E-state index in [2.05, 4.69) is 17.6 Å². The number of carbonyl (C=O) groups excluding carboxylic acids is 1. The first-order valence-electron chi connectivity index (χ1n) is 2.58. The quantitative estimate of drug-likeness (QED) is 0.516. The van der Waals surface area contributed by atoms with Crippen LogP contribution in [0.4, 0.5) is 4.79 Å². The molecule has 1 heterocycles. The first-order valence-corrected chi connectivity index (χ1v) is 2.99. The number of amides is 2. The highest BCUT2D eigenvalue weighted by molar-refractivity contribution is 7.96. The van der Waals surface area contributed by atoms with Crippen LogP contribution in [0.2, 0.25) is 0 Å². The first-order chi connectivity index (χ1) is 4.63. The maximum absolute atomic E-state index is 10.8. The normalized spacial score (nSPS) is 19.4. The Morgan fingerprint density at radius 3 is 2.90 bits per heavy atom. The number of hydrogen-bond donors (Lipinski definition) is 1. The van der Waals surface area contributed by atoms with Gasteiger partial charge in [0, 0.05) is 7.05 Å². The fraction of sp³-hybridized carbons (Fsp3) is 0.500. The summed E-state index contributed by atoms with van der Waals surface area (Å²) in [7, 11) is 1.45. The van der Waals surface area contributed by atoms with Gasteiger partial charge in [-0.1, -0.05) is 0 Å². The van der Waals surface area contributed by atoms with Crippen molar-refractivity contribution in [2.75, 3.05) is 13.7 Å². The highest BCUT2D eigenvalue weighted by Crippen LogP contribution is 2.04. The van der Waals surface area contributed by atoms with Gasteiger partial charge in [-0.15, -0.1) is 0 Å². The third kappa shape index (κ3) is 1.03. The van der Waals surface area contributed by atoms with Crippen molar-refractivity contribution >= 4 is 23.8 Å². The van der Waals surface area contributed by atoms with E-state index in [0.717, 1.165) is 4.90 Å². The molecule has 10 heavy (non-hydrogen) atoms. The van der Waals surface area contributed by atoms with Gasteiger partial charge in [0.2, 0.25) is 5.17 Å². The second-order valence-corrected chi connectivity index (χ2v) is 2.19. The molecule has 0 atom stereocenters. The molecule has 0 saturated carbocycles. The molecule has 0 aromatic rings. The van der Waals surface area contributed by atoms with Crippen LogP contribution in [0.3, 0.4) is 0 Å². The van der Waals surface area contributed by atoms with Gasteiger partial charge in [0.05, 0.1) is 0 Å². The van der Waals surface area contributed by atoms with E-state index >= 15 is 0 Å². The third-order valence-electron chi connectivity index (χ3n) is 1.13. The van der Waals surface area contributed by atoms with Crippen LogP contribution in [-0.4, -0.2) is 40.1 Å². The van der Waals surface area contributed by atoms with Crippen LogP contribution in [-0.2, 0) is 0 Å². The van der Waals surface area contributed by atoms with Crippen molar-refractivity contribution < 1.29 is 10.0 Å². The van der Waals surface area contributed by atoms with Crippen molar-refractivity contribution in [2.45, 2.75) is 0 Å². The highest BCUT2D eigenvalue weighted by atomic mass is 32.1. The molecule has 2 amide bonds. The first kappa shape index (κ1) is 7.23. The molecule has 1 rings (SSSR count). The molecule has 55 valence electrons. The fourth-order valence-electron chi connectivity index (χ4n) is 0.549. The summed E-state index contributed by atoms with van der Waals surface area (Å²) in [5.41, 5.74) is 0. The Balaban J connectivity index is 2.81. The Kier molecular flexibility index (Phi) is 1.73. The van der Waals surface area contributed by atoms with E-state index in [1.807, 2.05) is 0 Å². The van der Waals surface area contributed by atoms with Crippen LogP contribution in [0.1, 0.15) is 0 Å². The molecule has 6 heteroatoms. The number of hydroxylamine groups is 2. The van der Waals surface area contributed by atoms with E-state index in [1.165, 1.54) is 7.05 Å². The molecule has 1 aliphatic rings. The molecular formula is C4H6N3O2S.